The third-order valence-electron chi connectivity index (χ3n) is 4.17. The molecule has 3 aromatic rings. The first-order valence-electron chi connectivity index (χ1n) is 9.31. The molecule has 0 aromatic heterocycles. The average molecular weight is 390 g/mol. The Morgan fingerprint density at radius 2 is 1.45 bits per heavy atom. The van der Waals surface area contributed by atoms with Crippen LogP contribution in [-0.2, 0) is 16.0 Å². The summed E-state index contributed by atoms with van der Waals surface area (Å²) in [6, 6.07) is 23.4. The van der Waals surface area contributed by atoms with Crippen LogP contribution in [0.1, 0.15) is 21.5 Å². The topological polar surface area (TPSA) is 61.8 Å². The van der Waals surface area contributed by atoms with E-state index >= 15 is 0 Å². The molecule has 29 heavy (non-hydrogen) atoms. The van der Waals surface area contributed by atoms with Gasteiger partial charge in [0.1, 0.15) is 11.5 Å². The second-order valence-corrected chi connectivity index (χ2v) is 6.47. The van der Waals surface area contributed by atoms with Crippen molar-refractivity contribution in [3.63, 3.8) is 0 Å². The van der Waals surface area contributed by atoms with E-state index in [0.717, 1.165) is 11.1 Å². The van der Waals surface area contributed by atoms with E-state index in [1.165, 1.54) is 0 Å². The Kier molecular flexibility index (Phi) is 7.00. The number of ether oxygens (including phenoxy) is 3. The molecule has 0 unspecified atom stereocenters. The molecule has 5 heteroatoms. The van der Waals surface area contributed by atoms with Gasteiger partial charge in [0.15, 0.2) is 6.61 Å². The molecule has 0 atom stereocenters. The Bertz CT molecular complexity index is 931. The SMILES string of the molecule is Cc1ccc(OCC(=O)Oc2ccc(C(=O)OCCc3ccccc3)cc2)cc1. The van der Waals surface area contributed by atoms with Crippen molar-refractivity contribution >= 4 is 11.9 Å². The second-order valence-electron chi connectivity index (χ2n) is 6.47. The molecular weight excluding hydrogens is 368 g/mol. The van der Waals surface area contributed by atoms with Crippen molar-refractivity contribution in [3.8, 4) is 11.5 Å². The predicted octanol–water partition coefficient (Wildman–Crippen LogP) is 4.38. The molecule has 0 aliphatic heterocycles. The fourth-order valence-electron chi connectivity index (χ4n) is 2.59. The molecule has 0 saturated carbocycles. The molecule has 0 heterocycles. The van der Waals surface area contributed by atoms with Gasteiger partial charge in [-0.05, 0) is 48.9 Å². The van der Waals surface area contributed by atoms with Gasteiger partial charge in [-0.1, -0.05) is 48.0 Å². The first-order valence-corrected chi connectivity index (χ1v) is 9.31. The van der Waals surface area contributed by atoms with Crippen molar-refractivity contribution in [1.82, 2.24) is 0 Å². The Morgan fingerprint density at radius 1 is 0.793 bits per heavy atom. The summed E-state index contributed by atoms with van der Waals surface area (Å²) in [4.78, 5) is 24.0. The quantitative estimate of drug-likeness (QED) is 0.422. The Balaban J connectivity index is 1.43. The van der Waals surface area contributed by atoms with E-state index in [4.69, 9.17) is 14.2 Å². The van der Waals surface area contributed by atoms with Crippen molar-refractivity contribution in [2.45, 2.75) is 13.3 Å². The highest BCUT2D eigenvalue weighted by atomic mass is 16.6. The number of carbonyl (C=O) groups excluding carboxylic acids is 2. The van der Waals surface area contributed by atoms with Crippen molar-refractivity contribution in [2.24, 2.45) is 0 Å². The van der Waals surface area contributed by atoms with Crippen LogP contribution in [0.3, 0.4) is 0 Å². The second kappa shape index (κ2) is 10.1. The lowest BCUT2D eigenvalue weighted by molar-refractivity contribution is -0.136. The monoisotopic (exact) mass is 390 g/mol. The summed E-state index contributed by atoms with van der Waals surface area (Å²) in [5, 5.41) is 0. The van der Waals surface area contributed by atoms with E-state index < -0.39 is 11.9 Å². The third kappa shape index (κ3) is 6.50. The zero-order valence-electron chi connectivity index (χ0n) is 16.2. The highest BCUT2D eigenvalue weighted by molar-refractivity contribution is 5.89. The zero-order valence-corrected chi connectivity index (χ0v) is 16.2. The van der Waals surface area contributed by atoms with Crippen molar-refractivity contribution < 1.29 is 23.8 Å². The number of aryl methyl sites for hydroxylation is 1. The Labute approximate surface area is 169 Å². The van der Waals surface area contributed by atoms with Crippen LogP contribution in [-0.4, -0.2) is 25.2 Å². The molecule has 0 saturated heterocycles. The minimum atomic E-state index is -0.524. The highest BCUT2D eigenvalue weighted by Gasteiger charge is 2.10. The van der Waals surface area contributed by atoms with Gasteiger partial charge >= 0.3 is 11.9 Å². The summed E-state index contributed by atoms with van der Waals surface area (Å²) in [6.45, 7) is 2.07. The summed E-state index contributed by atoms with van der Waals surface area (Å²) < 4.78 is 15.9. The minimum Gasteiger partial charge on any atom is -0.482 e. The van der Waals surface area contributed by atoms with Crippen LogP contribution < -0.4 is 9.47 Å². The van der Waals surface area contributed by atoms with Crippen molar-refractivity contribution in [3.05, 3.63) is 95.6 Å². The lowest BCUT2D eigenvalue weighted by atomic mass is 10.2. The molecule has 0 aliphatic carbocycles. The maximum absolute atomic E-state index is 12.1. The van der Waals surface area contributed by atoms with Gasteiger partial charge in [-0.25, -0.2) is 9.59 Å². The molecule has 0 bridgehead atoms. The number of benzene rings is 3. The van der Waals surface area contributed by atoms with Gasteiger partial charge in [0.25, 0.3) is 0 Å². The number of rotatable bonds is 8. The minimum absolute atomic E-state index is 0.202. The average Bonchev–Trinajstić information content (AvgIpc) is 2.74. The third-order valence-corrected chi connectivity index (χ3v) is 4.17. The van der Waals surface area contributed by atoms with Crippen LogP contribution in [0.5, 0.6) is 11.5 Å². The van der Waals surface area contributed by atoms with Gasteiger partial charge in [-0.3, -0.25) is 0 Å². The van der Waals surface area contributed by atoms with Crippen LogP contribution >= 0.6 is 0 Å². The number of hydrogen-bond donors (Lipinski definition) is 0. The van der Waals surface area contributed by atoms with Gasteiger partial charge in [0.2, 0.25) is 0 Å². The lowest BCUT2D eigenvalue weighted by Gasteiger charge is -2.08. The lowest BCUT2D eigenvalue weighted by Crippen LogP contribution is -2.17. The normalized spacial score (nSPS) is 10.2. The number of carbonyl (C=O) groups is 2. The van der Waals surface area contributed by atoms with Crippen molar-refractivity contribution in [1.29, 1.82) is 0 Å². The van der Waals surface area contributed by atoms with E-state index in [9.17, 15) is 9.59 Å². The van der Waals surface area contributed by atoms with Crippen LogP contribution in [0.4, 0.5) is 0 Å². The molecule has 0 radical (unpaired) electrons. The summed E-state index contributed by atoms with van der Waals surface area (Å²) in [5.74, 6) is -0.00485. The Hall–Kier alpha value is -3.60. The van der Waals surface area contributed by atoms with E-state index in [-0.39, 0.29) is 6.61 Å². The summed E-state index contributed by atoms with van der Waals surface area (Å²) in [6.07, 6.45) is 0.656. The summed E-state index contributed by atoms with van der Waals surface area (Å²) in [7, 11) is 0. The molecule has 0 fully saturated rings. The molecule has 0 spiro atoms. The fourth-order valence-corrected chi connectivity index (χ4v) is 2.59. The van der Waals surface area contributed by atoms with Crippen LogP contribution in [0.2, 0.25) is 0 Å². The Morgan fingerprint density at radius 3 is 2.14 bits per heavy atom. The van der Waals surface area contributed by atoms with E-state index in [1.807, 2.05) is 49.4 Å². The first kappa shape index (κ1) is 20.1. The maximum atomic E-state index is 12.1. The first-order chi connectivity index (χ1) is 14.1. The number of hydrogen-bond acceptors (Lipinski definition) is 5. The predicted molar refractivity (Wildman–Crippen MR) is 109 cm³/mol. The van der Waals surface area contributed by atoms with Gasteiger partial charge in [-0.15, -0.1) is 0 Å². The largest absolute Gasteiger partial charge is 0.482 e. The molecule has 3 aromatic carbocycles. The van der Waals surface area contributed by atoms with E-state index in [1.54, 1.807) is 36.4 Å². The molecule has 0 amide bonds. The molecular formula is C24H22O5. The van der Waals surface area contributed by atoms with E-state index in [2.05, 4.69) is 0 Å². The molecule has 5 nitrogen and oxygen atoms in total. The van der Waals surface area contributed by atoms with Gasteiger partial charge in [0.05, 0.1) is 12.2 Å². The standard InChI is InChI=1S/C24H22O5/c1-18-7-11-21(12-8-18)28-17-23(25)29-22-13-9-20(10-14-22)24(26)27-16-15-19-5-3-2-4-6-19/h2-14H,15-17H2,1H3. The van der Waals surface area contributed by atoms with Crippen LogP contribution in [0.25, 0.3) is 0 Å². The number of esters is 2. The van der Waals surface area contributed by atoms with E-state index in [0.29, 0.717) is 30.1 Å². The molecule has 0 aliphatic rings. The summed E-state index contributed by atoms with van der Waals surface area (Å²) >= 11 is 0. The smallest absolute Gasteiger partial charge is 0.349 e. The van der Waals surface area contributed by atoms with Gasteiger partial charge in [-0.2, -0.15) is 0 Å². The van der Waals surface area contributed by atoms with Crippen molar-refractivity contribution in [2.75, 3.05) is 13.2 Å². The molecule has 148 valence electrons. The van der Waals surface area contributed by atoms with Gasteiger partial charge < -0.3 is 14.2 Å². The fraction of sp³-hybridized carbons (Fsp3) is 0.167. The summed E-state index contributed by atoms with van der Waals surface area (Å²) in [5.41, 5.74) is 2.61. The van der Waals surface area contributed by atoms with Crippen LogP contribution in [0.15, 0.2) is 78.9 Å². The maximum Gasteiger partial charge on any atom is 0.349 e. The van der Waals surface area contributed by atoms with Gasteiger partial charge in [0, 0.05) is 6.42 Å². The highest BCUT2D eigenvalue weighted by Crippen LogP contribution is 2.15. The van der Waals surface area contributed by atoms with Crippen LogP contribution in [0, 0.1) is 6.92 Å². The zero-order chi connectivity index (χ0) is 20.5. The molecule has 3 rings (SSSR count). The molecule has 0 N–H and O–H groups in total.